The first-order valence-corrected chi connectivity index (χ1v) is 10.2. The second-order valence-corrected chi connectivity index (χ2v) is 7.46. The average molecular weight is 407 g/mol. The number of fused-ring (bicyclic) bond motifs is 2. The van der Waals surface area contributed by atoms with Crippen molar-refractivity contribution in [2.24, 2.45) is 0 Å². The van der Waals surface area contributed by atoms with Crippen LogP contribution in [0.4, 0.5) is 0 Å². The molecule has 1 aliphatic rings. The molecule has 2 aromatic carbocycles. The monoisotopic (exact) mass is 407 g/mol. The summed E-state index contributed by atoms with van der Waals surface area (Å²) in [5.74, 6) is 1.13. The first-order valence-electron chi connectivity index (χ1n) is 10.2. The lowest BCUT2D eigenvalue weighted by Crippen LogP contribution is -2.42. The second kappa shape index (κ2) is 8.57. The highest BCUT2D eigenvalue weighted by atomic mass is 16.6. The fourth-order valence-corrected chi connectivity index (χ4v) is 3.57. The Balaban J connectivity index is 1.59. The smallest absolute Gasteiger partial charge is 0.274 e. The van der Waals surface area contributed by atoms with Crippen LogP contribution >= 0.6 is 0 Å². The van der Waals surface area contributed by atoms with Gasteiger partial charge in [-0.3, -0.25) is 9.59 Å². The van der Waals surface area contributed by atoms with Crippen LogP contribution in [0.1, 0.15) is 30.3 Å². The third-order valence-electron chi connectivity index (χ3n) is 5.19. The molecule has 7 nitrogen and oxygen atoms in total. The van der Waals surface area contributed by atoms with Gasteiger partial charge in [0.2, 0.25) is 0 Å². The molecular formula is C23H25N3O4. The van der Waals surface area contributed by atoms with Crippen LogP contribution in [0.5, 0.6) is 11.5 Å². The maximum atomic E-state index is 13.3. The van der Waals surface area contributed by atoms with Gasteiger partial charge in [0.15, 0.2) is 23.3 Å². The lowest BCUT2D eigenvalue weighted by molar-refractivity contribution is 0.0517. The molecule has 7 heteroatoms. The van der Waals surface area contributed by atoms with E-state index < -0.39 is 0 Å². The van der Waals surface area contributed by atoms with Gasteiger partial charge < -0.3 is 14.4 Å². The summed E-state index contributed by atoms with van der Waals surface area (Å²) in [4.78, 5) is 27.6. The molecule has 0 saturated heterocycles. The van der Waals surface area contributed by atoms with Gasteiger partial charge in [-0.1, -0.05) is 43.7 Å². The van der Waals surface area contributed by atoms with Crippen molar-refractivity contribution in [3.63, 3.8) is 0 Å². The highest BCUT2D eigenvalue weighted by Gasteiger charge is 2.26. The summed E-state index contributed by atoms with van der Waals surface area (Å²) in [5.41, 5.74) is 0.111. The number of aromatic nitrogens is 2. The third kappa shape index (κ3) is 3.87. The lowest BCUT2D eigenvalue weighted by atomic mass is 10.1. The summed E-state index contributed by atoms with van der Waals surface area (Å²) in [6, 6.07) is 14.6. The molecule has 0 bridgehead atoms. The van der Waals surface area contributed by atoms with Crippen LogP contribution in [-0.4, -0.2) is 46.9 Å². The van der Waals surface area contributed by atoms with Crippen molar-refractivity contribution in [1.29, 1.82) is 0 Å². The van der Waals surface area contributed by atoms with Gasteiger partial charge in [-0.05, 0) is 24.6 Å². The first kappa shape index (κ1) is 19.9. The first-order chi connectivity index (χ1) is 14.6. The van der Waals surface area contributed by atoms with Crippen LogP contribution in [0.25, 0.3) is 10.8 Å². The Labute approximate surface area is 174 Å². The normalized spacial score (nSPS) is 15.2. The van der Waals surface area contributed by atoms with E-state index in [0.29, 0.717) is 42.0 Å². The zero-order valence-electron chi connectivity index (χ0n) is 17.2. The molecular weight excluding hydrogens is 382 g/mol. The molecule has 3 aromatic rings. The molecule has 1 amide bonds. The third-order valence-corrected chi connectivity index (χ3v) is 5.19. The number of benzene rings is 2. The van der Waals surface area contributed by atoms with Crippen LogP contribution < -0.4 is 15.0 Å². The fourth-order valence-electron chi connectivity index (χ4n) is 3.57. The van der Waals surface area contributed by atoms with E-state index in [9.17, 15) is 9.59 Å². The van der Waals surface area contributed by atoms with Gasteiger partial charge in [-0.25, -0.2) is 4.68 Å². The Morgan fingerprint density at radius 3 is 2.60 bits per heavy atom. The van der Waals surface area contributed by atoms with E-state index in [-0.39, 0.29) is 23.3 Å². The highest BCUT2D eigenvalue weighted by molar-refractivity contribution is 6.04. The number of likely N-dealkylation sites (N-methyl/N-ethyl adjacent to an activating group) is 1. The van der Waals surface area contributed by atoms with Crippen LogP contribution in [0.3, 0.4) is 0 Å². The number of carbonyl (C=O) groups is 1. The standard InChI is InChI=1S/C23H25N3O4/c1-3-4-13-26-22(27)18-10-6-5-9-17(18)21(24-26)23(28)25(2)14-16-15-29-19-11-7-8-12-20(19)30-16/h5-12,16H,3-4,13-15H2,1-2H3/t16-/m0/s1. The lowest BCUT2D eigenvalue weighted by Gasteiger charge is -2.29. The van der Waals surface area contributed by atoms with Crippen LogP contribution in [0, 0.1) is 0 Å². The predicted molar refractivity (Wildman–Crippen MR) is 114 cm³/mol. The number of aryl methyl sites for hydroxylation is 1. The number of ether oxygens (including phenoxy) is 2. The summed E-state index contributed by atoms with van der Waals surface area (Å²) in [6.45, 7) is 3.24. The van der Waals surface area contributed by atoms with Crippen molar-refractivity contribution in [2.45, 2.75) is 32.4 Å². The van der Waals surface area contributed by atoms with E-state index in [1.54, 1.807) is 30.1 Å². The maximum absolute atomic E-state index is 13.3. The number of nitrogens with zero attached hydrogens (tertiary/aromatic N) is 3. The van der Waals surface area contributed by atoms with Gasteiger partial charge in [-0.15, -0.1) is 0 Å². The molecule has 0 saturated carbocycles. The number of carbonyl (C=O) groups excluding carboxylic acids is 1. The van der Waals surface area contributed by atoms with Gasteiger partial charge in [0.1, 0.15) is 6.61 Å². The molecule has 30 heavy (non-hydrogen) atoms. The molecule has 0 fully saturated rings. The van der Waals surface area contributed by atoms with E-state index in [0.717, 1.165) is 12.8 Å². The SMILES string of the molecule is CCCCn1nc(C(=O)N(C)C[C@H]2COc3ccccc3O2)c2ccccc2c1=O. The van der Waals surface area contributed by atoms with Crippen LogP contribution in [0.15, 0.2) is 53.3 Å². The molecule has 2 heterocycles. The molecule has 0 N–H and O–H groups in total. The highest BCUT2D eigenvalue weighted by Crippen LogP contribution is 2.31. The molecule has 1 aliphatic heterocycles. The Kier molecular flexibility index (Phi) is 5.70. The number of rotatable bonds is 6. The molecule has 4 rings (SSSR count). The van der Waals surface area contributed by atoms with E-state index in [4.69, 9.17) is 9.47 Å². The summed E-state index contributed by atoms with van der Waals surface area (Å²) in [7, 11) is 1.71. The molecule has 0 radical (unpaired) electrons. The molecule has 0 aliphatic carbocycles. The van der Waals surface area contributed by atoms with Crippen LogP contribution in [0.2, 0.25) is 0 Å². The van der Waals surface area contributed by atoms with Gasteiger partial charge >= 0.3 is 0 Å². The Morgan fingerprint density at radius 1 is 1.13 bits per heavy atom. The zero-order valence-corrected chi connectivity index (χ0v) is 17.2. The minimum Gasteiger partial charge on any atom is -0.486 e. The average Bonchev–Trinajstić information content (AvgIpc) is 2.78. The molecule has 0 spiro atoms. The Morgan fingerprint density at radius 2 is 1.83 bits per heavy atom. The van der Waals surface area contributed by atoms with E-state index in [2.05, 4.69) is 12.0 Å². The molecule has 1 aromatic heterocycles. The van der Waals surface area contributed by atoms with Gasteiger partial charge in [0.05, 0.1) is 11.9 Å². The van der Waals surface area contributed by atoms with E-state index in [1.165, 1.54) is 4.68 Å². The topological polar surface area (TPSA) is 73.7 Å². The molecule has 1 atom stereocenters. The van der Waals surface area contributed by atoms with E-state index >= 15 is 0 Å². The number of para-hydroxylation sites is 2. The summed E-state index contributed by atoms with van der Waals surface area (Å²) >= 11 is 0. The van der Waals surface area contributed by atoms with Crippen molar-refractivity contribution in [2.75, 3.05) is 20.2 Å². The maximum Gasteiger partial charge on any atom is 0.274 e. The van der Waals surface area contributed by atoms with Crippen molar-refractivity contribution in [1.82, 2.24) is 14.7 Å². The quantitative estimate of drug-likeness (QED) is 0.628. The van der Waals surface area contributed by atoms with Gasteiger partial charge in [0.25, 0.3) is 11.5 Å². The minimum atomic E-state index is -0.286. The summed E-state index contributed by atoms with van der Waals surface area (Å²) in [6.07, 6.45) is 1.47. The second-order valence-electron chi connectivity index (χ2n) is 7.46. The molecule has 0 unspecified atom stereocenters. The number of amides is 1. The Bertz CT molecular complexity index is 1120. The minimum absolute atomic E-state index is 0.168. The zero-order chi connectivity index (χ0) is 21.1. The van der Waals surface area contributed by atoms with Crippen molar-refractivity contribution >= 4 is 16.7 Å². The van der Waals surface area contributed by atoms with Crippen LogP contribution in [-0.2, 0) is 6.54 Å². The van der Waals surface area contributed by atoms with Crippen molar-refractivity contribution < 1.29 is 14.3 Å². The van der Waals surface area contributed by atoms with E-state index in [1.807, 2.05) is 30.3 Å². The predicted octanol–water partition coefficient (Wildman–Crippen LogP) is 3.11. The fraction of sp³-hybridized carbons (Fsp3) is 0.348. The number of hydrogen-bond acceptors (Lipinski definition) is 5. The van der Waals surface area contributed by atoms with Gasteiger partial charge in [-0.2, -0.15) is 5.10 Å². The Hall–Kier alpha value is -3.35. The summed E-state index contributed by atoms with van der Waals surface area (Å²) < 4.78 is 13.1. The van der Waals surface area contributed by atoms with Crippen molar-refractivity contribution in [3.8, 4) is 11.5 Å². The number of unbranched alkanes of at least 4 members (excludes halogenated alkanes) is 1. The van der Waals surface area contributed by atoms with Crippen molar-refractivity contribution in [3.05, 3.63) is 64.6 Å². The van der Waals surface area contributed by atoms with Gasteiger partial charge in [0, 0.05) is 19.0 Å². The summed E-state index contributed by atoms with van der Waals surface area (Å²) in [5, 5.41) is 5.50. The largest absolute Gasteiger partial charge is 0.486 e. The molecule has 156 valence electrons. The number of hydrogen-bond donors (Lipinski definition) is 0.